The second-order valence-electron chi connectivity index (χ2n) is 7.11. The first-order valence-electron chi connectivity index (χ1n) is 9.83. The van der Waals surface area contributed by atoms with Gasteiger partial charge in [0.25, 0.3) is 17.5 Å². The van der Waals surface area contributed by atoms with Crippen LogP contribution in [0, 0.1) is 10.1 Å². The summed E-state index contributed by atoms with van der Waals surface area (Å²) in [5, 5.41) is 16.1. The number of amides is 4. The fourth-order valence-electron chi connectivity index (χ4n) is 3.44. The first kappa shape index (κ1) is 21.5. The van der Waals surface area contributed by atoms with Crippen LogP contribution in [0.2, 0.25) is 0 Å². The van der Waals surface area contributed by atoms with Crippen molar-refractivity contribution >= 4 is 34.9 Å². The Labute approximate surface area is 187 Å². The third-order valence-electron chi connectivity index (χ3n) is 5.08. The summed E-state index contributed by atoms with van der Waals surface area (Å²) in [5.74, 6) is -0.487. The second kappa shape index (κ2) is 8.79. The van der Waals surface area contributed by atoms with Gasteiger partial charge in [-0.25, -0.2) is 9.69 Å². The van der Waals surface area contributed by atoms with Crippen LogP contribution < -0.4 is 20.3 Å². The predicted molar refractivity (Wildman–Crippen MR) is 120 cm³/mol. The van der Waals surface area contributed by atoms with E-state index in [0.29, 0.717) is 16.8 Å². The van der Waals surface area contributed by atoms with Gasteiger partial charge in [-0.1, -0.05) is 24.3 Å². The molecule has 0 unspecified atom stereocenters. The summed E-state index contributed by atoms with van der Waals surface area (Å²) in [6.07, 6.45) is 0. The second-order valence-corrected chi connectivity index (χ2v) is 7.11. The van der Waals surface area contributed by atoms with Crippen molar-refractivity contribution in [1.29, 1.82) is 0 Å². The topological polar surface area (TPSA) is 131 Å². The van der Waals surface area contributed by atoms with Crippen LogP contribution in [0.25, 0.3) is 0 Å². The largest absolute Gasteiger partial charge is 0.495 e. The highest BCUT2D eigenvalue weighted by Crippen LogP contribution is 2.29. The van der Waals surface area contributed by atoms with E-state index in [1.165, 1.54) is 25.3 Å². The Bertz CT molecular complexity index is 1240. The molecule has 0 aliphatic carbocycles. The number of hydrogen-bond donors (Lipinski definition) is 2. The van der Waals surface area contributed by atoms with Crippen molar-refractivity contribution in [3.05, 3.63) is 93.5 Å². The Kier molecular flexibility index (Phi) is 5.73. The van der Waals surface area contributed by atoms with Crippen LogP contribution >= 0.6 is 0 Å². The number of methoxy groups -OCH3 is 1. The number of urea groups is 1. The number of nitro groups is 1. The minimum Gasteiger partial charge on any atom is -0.495 e. The number of nitrogens with one attached hydrogen (secondary N) is 2. The fraction of sp³-hybridized carbons (Fsp3) is 0.0870. The van der Waals surface area contributed by atoms with Gasteiger partial charge in [-0.15, -0.1) is 0 Å². The molecule has 1 heterocycles. The zero-order chi connectivity index (χ0) is 23.5. The SMILES string of the molecule is COc1ccc([N+](=O)[O-])cc1NC(=O)NCc1ccc(N2C(=O)c3ccccc3C2=O)cc1. The lowest BCUT2D eigenvalue weighted by Gasteiger charge is -2.15. The summed E-state index contributed by atoms with van der Waals surface area (Å²) in [4.78, 5) is 49.0. The number of imide groups is 1. The first-order chi connectivity index (χ1) is 15.9. The van der Waals surface area contributed by atoms with Crippen LogP contribution in [0.5, 0.6) is 5.75 Å². The third kappa shape index (κ3) is 4.22. The molecule has 2 N–H and O–H groups in total. The molecule has 10 heteroatoms. The number of nitro benzene ring substituents is 1. The molecule has 10 nitrogen and oxygen atoms in total. The van der Waals surface area contributed by atoms with Gasteiger partial charge in [-0.05, 0) is 35.9 Å². The van der Waals surface area contributed by atoms with Gasteiger partial charge in [0.2, 0.25) is 0 Å². The van der Waals surface area contributed by atoms with Gasteiger partial charge in [0.05, 0.1) is 34.5 Å². The number of non-ortho nitro benzene ring substituents is 1. The van der Waals surface area contributed by atoms with Crippen LogP contribution in [0.3, 0.4) is 0 Å². The Morgan fingerprint density at radius 1 is 1.00 bits per heavy atom. The molecule has 4 rings (SSSR count). The van der Waals surface area contributed by atoms with Crippen LogP contribution in [-0.2, 0) is 6.54 Å². The number of benzene rings is 3. The average molecular weight is 446 g/mol. The van der Waals surface area contributed by atoms with E-state index < -0.39 is 11.0 Å². The van der Waals surface area contributed by atoms with Crippen molar-refractivity contribution in [2.45, 2.75) is 6.54 Å². The molecular formula is C23H18N4O6. The molecule has 3 aromatic rings. The van der Waals surface area contributed by atoms with E-state index in [0.717, 1.165) is 10.5 Å². The Balaban J connectivity index is 1.40. The highest BCUT2D eigenvalue weighted by atomic mass is 16.6. The van der Waals surface area contributed by atoms with Crippen molar-refractivity contribution in [1.82, 2.24) is 5.32 Å². The number of carbonyl (C=O) groups excluding carboxylic acids is 3. The van der Waals surface area contributed by atoms with Crippen molar-refractivity contribution in [3.8, 4) is 5.75 Å². The number of carbonyl (C=O) groups is 3. The van der Waals surface area contributed by atoms with Gasteiger partial charge in [-0.3, -0.25) is 19.7 Å². The van der Waals surface area contributed by atoms with Crippen molar-refractivity contribution in [2.75, 3.05) is 17.3 Å². The molecule has 0 spiro atoms. The van der Waals surface area contributed by atoms with Crippen molar-refractivity contribution < 1.29 is 24.0 Å². The summed E-state index contributed by atoms with van der Waals surface area (Å²) in [6, 6.07) is 16.6. The van der Waals surface area contributed by atoms with Crippen LogP contribution in [0.1, 0.15) is 26.3 Å². The summed E-state index contributed by atoms with van der Waals surface area (Å²) in [5.41, 5.74) is 1.84. The van der Waals surface area contributed by atoms with E-state index in [9.17, 15) is 24.5 Å². The monoisotopic (exact) mass is 446 g/mol. The zero-order valence-electron chi connectivity index (χ0n) is 17.4. The molecule has 0 saturated carbocycles. The fourth-order valence-corrected chi connectivity index (χ4v) is 3.44. The number of nitrogens with zero attached hydrogens (tertiary/aromatic N) is 2. The first-order valence-corrected chi connectivity index (χ1v) is 9.83. The number of anilines is 2. The lowest BCUT2D eigenvalue weighted by Crippen LogP contribution is -2.29. The van der Waals surface area contributed by atoms with Gasteiger partial charge >= 0.3 is 6.03 Å². The van der Waals surface area contributed by atoms with Crippen molar-refractivity contribution in [3.63, 3.8) is 0 Å². The van der Waals surface area contributed by atoms with E-state index in [1.807, 2.05) is 0 Å². The molecule has 0 bridgehead atoms. The molecule has 0 aromatic heterocycles. The summed E-state index contributed by atoms with van der Waals surface area (Å²) >= 11 is 0. The molecule has 33 heavy (non-hydrogen) atoms. The Hall–Kier alpha value is -4.73. The highest BCUT2D eigenvalue weighted by Gasteiger charge is 2.36. The lowest BCUT2D eigenvalue weighted by atomic mass is 10.1. The minimum absolute atomic E-state index is 0.144. The molecule has 0 fully saturated rings. The van der Waals surface area contributed by atoms with E-state index in [1.54, 1.807) is 48.5 Å². The molecule has 1 aliphatic heterocycles. The van der Waals surface area contributed by atoms with E-state index >= 15 is 0 Å². The van der Waals surface area contributed by atoms with Gasteiger partial charge in [0, 0.05) is 18.7 Å². The Morgan fingerprint density at radius 3 is 2.21 bits per heavy atom. The molecule has 0 atom stereocenters. The quantitative estimate of drug-likeness (QED) is 0.337. The smallest absolute Gasteiger partial charge is 0.319 e. The van der Waals surface area contributed by atoms with Gasteiger partial charge in [0.1, 0.15) is 5.75 Å². The normalized spacial score (nSPS) is 12.3. The molecule has 0 saturated heterocycles. The number of fused-ring (bicyclic) bond motifs is 1. The van der Waals surface area contributed by atoms with E-state index in [4.69, 9.17) is 4.74 Å². The number of hydrogen-bond acceptors (Lipinski definition) is 6. The maximum atomic E-state index is 12.6. The maximum absolute atomic E-state index is 12.6. The van der Waals surface area contributed by atoms with E-state index in [-0.39, 0.29) is 35.5 Å². The molecule has 166 valence electrons. The standard InChI is InChI=1S/C23H18N4O6/c1-33-20-11-10-16(27(31)32)12-19(20)25-23(30)24-13-14-6-8-15(9-7-14)26-21(28)17-4-2-3-5-18(17)22(26)29/h2-12H,13H2,1H3,(H2,24,25,30). The average Bonchev–Trinajstić information content (AvgIpc) is 3.08. The number of rotatable bonds is 6. The molecule has 1 aliphatic rings. The van der Waals surface area contributed by atoms with Gasteiger partial charge < -0.3 is 15.4 Å². The zero-order valence-corrected chi connectivity index (χ0v) is 17.4. The minimum atomic E-state index is -0.585. The number of ether oxygens (including phenoxy) is 1. The molecule has 3 aromatic carbocycles. The molecular weight excluding hydrogens is 428 g/mol. The van der Waals surface area contributed by atoms with Gasteiger partial charge in [-0.2, -0.15) is 0 Å². The molecule has 0 radical (unpaired) electrons. The summed E-state index contributed by atoms with van der Waals surface area (Å²) in [6.45, 7) is 0.144. The molecule has 4 amide bonds. The van der Waals surface area contributed by atoms with Crippen LogP contribution in [0.15, 0.2) is 66.7 Å². The van der Waals surface area contributed by atoms with E-state index in [2.05, 4.69) is 10.6 Å². The summed E-state index contributed by atoms with van der Waals surface area (Å²) in [7, 11) is 1.39. The lowest BCUT2D eigenvalue weighted by molar-refractivity contribution is -0.384. The van der Waals surface area contributed by atoms with Crippen LogP contribution in [0.4, 0.5) is 21.9 Å². The van der Waals surface area contributed by atoms with Crippen LogP contribution in [-0.4, -0.2) is 29.9 Å². The van der Waals surface area contributed by atoms with Gasteiger partial charge in [0.15, 0.2) is 0 Å². The maximum Gasteiger partial charge on any atom is 0.319 e. The Morgan fingerprint density at radius 2 is 1.64 bits per heavy atom. The summed E-state index contributed by atoms with van der Waals surface area (Å²) < 4.78 is 5.12. The highest BCUT2D eigenvalue weighted by molar-refractivity contribution is 6.34. The predicted octanol–water partition coefficient (Wildman–Crippen LogP) is 3.73. The van der Waals surface area contributed by atoms with Crippen molar-refractivity contribution in [2.24, 2.45) is 0 Å². The third-order valence-corrected chi connectivity index (χ3v) is 5.08.